The van der Waals surface area contributed by atoms with Crippen LogP contribution < -0.4 is 0 Å². The van der Waals surface area contributed by atoms with Crippen molar-refractivity contribution in [2.45, 2.75) is 32.3 Å². The van der Waals surface area contributed by atoms with Crippen LogP contribution in [0.25, 0.3) is 0 Å². The number of aldehydes is 1. The van der Waals surface area contributed by atoms with Gasteiger partial charge < -0.3 is 9.90 Å². The summed E-state index contributed by atoms with van der Waals surface area (Å²) < 4.78 is 0. The molecule has 0 saturated heterocycles. The van der Waals surface area contributed by atoms with E-state index < -0.39 is 6.10 Å². The maximum atomic E-state index is 11.0. The fourth-order valence-corrected chi connectivity index (χ4v) is 2.43. The third-order valence-electron chi connectivity index (χ3n) is 3.34. The Hall–Kier alpha value is -1.15. The fourth-order valence-electron chi connectivity index (χ4n) is 2.43. The molecular weight excluding hydrogens is 188 g/mol. The second-order valence-electron chi connectivity index (χ2n) is 4.97. The number of carbonyl (C=O) groups is 1. The number of carbonyl (C=O) groups excluding carboxylic acids is 1. The van der Waals surface area contributed by atoms with Gasteiger partial charge in [0, 0.05) is 5.92 Å². The van der Waals surface area contributed by atoms with Crippen molar-refractivity contribution in [1.82, 2.24) is 0 Å². The van der Waals surface area contributed by atoms with Gasteiger partial charge in [0.25, 0.3) is 0 Å². The first-order valence-electron chi connectivity index (χ1n) is 5.28. The summed E-state index contributed by atoms with van der Waals surface area (Å²) in [5.41, 5.74) is 1.67. The Kier molecular flexibility index (Phi) is 2.39. The quantitative estimate of drug-likeness (QED) is 0.713. The second-order valence-corrected chi connectivity index (χ2v) is 4.97. The van der Waals surface area contributed by atoms with E-state index in [9.17, 15) is 9.90 Å². The van der Waals surface area contributed by atoms with E-state index in [0.29, 0.717) is 6.42 Å². The van der Waals surface area contributed by atoms with Crippen LogP contribution in [0.5, 0.6) is 0 Å². The van der Waals surface area contributed by atoms with E-state index in [-0.39, 0.29) is 11.3 Å². The summed E-state index contributed by atoms with van der Waals surface area (Å²) >= 11 is 0. The van der Waals surface area contributed by atoms with Crippen LogP contribution >= 0.6 is 0 Å². The lowest BCUT2D eigenvalue weighted by Gasteiger charge is -2.39. The highest BCUT2D eigenvalue weighted by Gasteiger charge is 2.38. The first-order chi connectivity index (χ1) is 7.06. The maximum Gasteiger partial charge on any atom is 0.127 e. The summed E-state index contributed by atoms with van der Waals surface area (Å²) in [6, 6.07) is 7.68. The van der Waals surface area contributed by atoms with E-state index in [1.54, 1.807) is 0 Å². The van der Waals surface area contributed by atoms with Crippen molar-refractivity contribution in [3.8, 4) is 0 Å². The van der Waals surface area contributed by atoms with Gasteiger partial charge in [0.05, 0.1) is 6.10 Å². The largest absolute Gasteiger partial charge is 0.388 e. The molecule has 0 amide bonds. The molecule has 0 fully saturated rings. The lowest BCUT2D eigenvalue weighted by molar-refractivity contribution is -0.110. The van der Waals surface area contributed by atoms with Crippen LogP contribution in [0.2, 0.25) is 0 Å². The van der Waals surface area contributed by atoms with Crippen LogP contribution in [0.15, 0.2) is 24.3 Å². The Bertz CT molecular complexity index is 382. The molecule has 2 atom stereocenters. The molecule has 2 rings (SSSR count). The zero-order valence-electron chi connectivity index (χ0n) is 9.10. The summed E-state index contributed by atoms with van der Waals surface area (Å²) in [7, 11) is 0. The van der Waals surface area contributed by atoms with E-state index in [1.165, 1.54) is 0 Å². The Morgan fingerprint density at radius 1 is 1.33 bits per heavy atom. The molecule has 15 heavy (non-hydrogen) atoms. The van der Waals surface area contributed by atoms with Gasteiger partial charge in [-0.05, 0) is 23.0 Å². The van der Waals surface area contributed by atoms with Gasteiger partial charge in [-0.1, -0.05) is 38.1 Å². The second kappa shape index (κ2) is 3.46. The molecule has 1 aromatic carbocycles. The first kappa shape index (κ1) is 10.4. The highest BCUT2D eigenvalue weighted by molar-refractivity contribution is 5.64. The topological polar surface area (TPSA) is 37.3 Å². The van der Waals surface area contributed by atoms with Gasteiger partial charge in [-0.15, -0.1) is 0 Å². The van der Waals surface area contributed by atoms with Crippen molar-refractivity contribution in [2.75, 3.05) is 0 Å². The molecule has 1 aliphatic carbocycles. The molecule has 2 unspecified atom stereocenters. The number of benzene rings is 1. The minimum absolute atomic E-state index is 0.0698. The molecule has 80 valence electrons. The standard InChI is InChI=1S/C13H16O2/c1-13(2)7-9(8-14)10-5-3-4-6-11(10)12(13)15/h3-6,8-9,12,15H,7H2,1-2H3. The number of fused-ring (bicyclic) bond motifs is 1. The number of hydrogen-bond acceptors (Lipinski definition) is 2. The van der Waals surface area contributed by atoms with Gasteiger partial charge in [0.1, 0.15) is 6.29 Å². The Balaban J connectivity index is 2.54. The van der Waals surface area contributed by atoms with Crippen LogP contribution in [-0.4, -0.2) is 11.4 Å². The normalized spacial score (nSPS) is 28.2. The molecule has 0 aromatic heterocycles. The van der Waals surface area contributed by atoms with Gasteiger partial charge in [0.2, 0.25) is 0 Å². The number of rotatable bonds is 1. The van der Waals surface area contributed by atoms with Gasteiger partial charge in [-0.25, -0.2) is 0 Å². The molecule has 0 radical (unpaired) electrons. The van der Waals surface area contributed by atoms with E-state index in [0.717, 1.165) is 17.4 Å². The highest BCUT2D eigenvalue weighted by Crippen LogP contribution is 2.47. The van der Waals surface area contributed by atoms with Crippen LogP contribution in [0.4, 0.5) is 0 Å². The SMILES string of the molecule is CC1(C)CC(C=O)c2ccccc2C1O. The molecular formula is C13H16O2. The molecule has 1 aliphatic rings. The first-order valence-corrected chi connectivity index (χ1v) is 5.28. The molecule has 0 heterocycles. The molecule has 0 spiro atoms. The Labute approximate surface area is 89.9 Å². The molecule has 1 N–H and O–H groups in total. The molecule has 2 heteroatoms. The van der Waals surface area contributed by atoms with Crippen molar-refractivity contribution >= 4 is 6.29 Å². The van der Waals surface area contributed by atoms with Crippen molar-refractivity contribution in [1.29, 1.82) is 0 Å². The maximum absolute atomic E-state index is 11.0. The Morgan fingerprint density at radius 2 is 1.93 bits per heavy atom. The number of aliphatic hydroxyl groups excluding tert-OH is 1. The average molecular weight is 204 g/mol. The van der Waals surface area contributed by atoms with Gasteiger partial charge in [0.15, 0.2) is 0 Å². The number of hydrogen-bond donors (Lipinski definition) is 1. The lowest BCUT2D eigenvalue weighted by atomic mass is 9.68. The minimum atomic E-state index is -0.468. The lowest BCUT2D eigenvalue weighted by Crippen LogP contribution is -2.31. The summed E-state index contributed by atoms with van der Waals surface area (Å²) in [5, 5.41) is 10.2. The van der Waals surface area contributed by atoms with Crippen molar-refractivity contribution in [3.63, 3.8) is 0 Å². The zero-order chi connectivity index (χ0) is 11.1. The Morgan fingerprint density at radius 3 is 2.53 bits per heavy atom. The molecule has 0 bridgehead atoms. The molecule has 1 aromatic rings. The van der Waals surface area contributed by atoms with Gasteiger partial charge in [-0.2, -0.15) is 0 Å². The summed E-state index contributed by atoms with van der Waals surface area (Å²) in [6.07, 6.45) is 1.24. The van der Waals surface area contributed by atoms with Crippen molar-refractivity contribution in [2.24, 2.45) is 5.41 Å². The summed E-state index contributed by atoms with van der Waals surface area (Å²) in [4.78, 5) is 11.0. The molecule has 0 aliphatic heterocycles. The predicted octanol–water partition coefficient (Wildman–Crippen LogP) is 2.43. The molecule has 2 nitrogen and oxygen atoms in total. The summed E-state index contributed by atoms with van der Waals surface area (Å²) in [6.45, 7) is 4.01. The van der Waals surface area contributed by atoms with Crippen LogP contribution in [0.3, 0.4) is 0 Å². The highest BCUT2D eigenvalue weighted by atomic mass is 16.3. The van der Waals surface area contributed by atoms with Crippen LogP contribution in [0, 0.1) is 5.41 Å². The van der Waals surface area contributed by atoms with E-state index in [1.807, 2.05) is 38.1 Å². The van der Waals surface area contributed by atoms with Crippen molar-refractivity contribution in [3.05, 3.63) is 35.4 Å². The van der Waals surface area contributed by atoms with Crippen LogP contribution in [-0.2, 0) is 4.79 Å². The third-order valence-corrected chi connectivity index (χ3v) is 3.34. The smallest absolute Gasteiger partial charge is 0.127 e. The monoisotopic (exact) mass is 204 g/mol. The number of aliphatic hydroxyl groups is 1. The molecule has 0 saturated carbocycles. The van der Waals surface area contributed by atoms with E-state index in [4.69, 9.17) is 0 Å². The van der Waals surface area contributed by atoms with E-state index >= 15 is 0 Å². The third kappa shape index (κ3) is 1.59. The van der Waals surface area contributed by atoms with Gasteiger partial charge in [-0.3, -0.25) is 0 Å². The zero-order valence-corrected chi connectivity index (χ0v) is 9.10. The summed E-state index contributed by atoms with van der Waals surface area (Å²) in [5.74, 6) is -0.0698. The minimum Gasteiger partial charge on any atom is -0.388 e. The van der Waals surface area contributed by atoms with E-state index in [2.05, 4.69) is 0 Å². The van der Waals surface area contributed by atoms with Crippen LogP contribution in [0.1, 0.15) is 43.4 Å². The van der Waals surface area contributed by atoms with Crippen molar-refractivity contribution < 1.29 is 9.90 Å². The van der Waals surface area contributed by atoms with Gasteiger partial charge >= 0.3 is 0 Å². The fraction of sp³-hybridized carbons (Fsp3) is 0.462. The average Bonchev–Trinajstić information content (AvgIpc) is 2.24. The predicted molar refractivity (Wildman–Crippen MR) is 58.6 cm³/mol.